The number of carboxylic acids is 1. The van der Waals surface area contributed by atoms with Gasteiger partial charge in [0.1, 0.15) is 5.75 Å². The molecule has 0 bridgehead atoms. The first-order valence-corrected chi connectivity index (χ1v) is 9.14. The van der Waals surface area contributed by atoms with Crippen molar-refractivity contribution in [2.45, 2.75) is 19.4 Å². The van der Waals surface area contributed by atoms with Gasteiger partial charge in [0.05, 0.1) is 24.9 Å². The molecule has 0 saturated carbocycles. The summed E-state index contributed by atoms with van der Waals surface area (Å²) < 4.78 is 7.31. The minimum atomic E-state index is -0.871. The second-order valence-corrected chi connectivity index (χ2v) is 6.58. The van der Waals surface area contributed by atoms with Crippen molar-refractivity contribution in [3.63, 3.8) is 0 Å². The van der Waals surface area contributed by atoms with Gasteiger partial charge in [-0.1, -0.05) is 12.1 Å². The molecule has 0 aliphatic heterocycles. The molecule has 7 heteroatoms. The number of carbonyl (C=O) groups is 2. The number of nitrogens with zero attached hydrogens (tertiary/aromatic N) is 1. The van der Waals surface area contributed by atoms with Crippen molar-refractivity contribution in [1.29, 1.82) is 0 Å². The molecule has 7 nitrogen and oxygen atoms in total. The molecule has 0 aliphatic rings. The first-order valence-electron chi connectivity index (χ1n) is 9.14. The number of carbonyl (C=O) groups excluding carboxylic acids is 1. The molecule has 0 saturated heterocycles. The SMILES string of the molecule is COc1cccc(-c2ccc(CCC(=O)O)n2-c2ccc(C(N)=O)cc2CN)c1. The number of methoxy groups -OCH3 is 1. The predicted molar refractivity (Wildman–Crippen MR) is 110 cm³/mol. The summed E-state index contributed by atoms with van der Waals surface area (Å²) in [6.07, 6.45) is 0.347. The van der Waals surface area contributed by atoms with Crippen molar-refractivity contribution < 1.29 is 19.4 Å². The lowest BCUT2D eigenvalue weighted by atomic mass is 10.1. The molecule has 1 heterocycles. The summed E-state index contributed by atoms with van der Waals surface area (Å²) in [6.45, 7) is 0.199. The largest absolute Gasteiger partial charge is 0.497 e. The number of primary amides is 1. The summed E-state index contributed by atoms with van der Waals surface area (Å²) in [5.74, 6) is -0.688. The molecule has 3 aromatic rings. The second-order valence-electron chi connectivity index (χ2n) is 6.58. The molecule has 150 valence electrons. The number of aryl methyl sites for hydroxylation is 1. The van der Waals surface area contributed by atoms with Crippen LogP contribution in [-0.4, -0.2) is 28.7 Å². The average Bonchev–Trinajstić information content (AvgIpc) is 3.15. The molecule has 1 amide bonds. The standard InChI is InChI=1S/C22H23N3O4/c1-29-18-4-2-3-14(12-18)19-9-6-17(7-10-21(26)27)25(19)20-8-5-15(22(24)28)11-16(20)13-23/h2-6,8-9,11-12H,7,10,13,23H2,1H3,(H2,24,28)(H,26,27). The van der Waals surface area contributed by atoms with Gasteiger partial charge in [0.25, 0.3) is 0 Å². The Labute approximate surface area is 168 Å². The third-order valence-corrected chi connectivity index (χ3v) is 4.75. The summed E-state index contributed by atoms with van der Waals surface area (Å²) in [7, 11) is 1.60. The number of carboxylic acid groups (broad SMARTS) is 1. The van der Waals surface area contributed by atoms with Gasteiger partial charge in [-0.2, -0.15) is 0 Å². The highest BCUT2D eigenvalue weighted by Crippen LogP contribution is 2.31. The smallest absolute Gasteiger partial charge is 0.303 e. The lowest BCUT2D eigenvalue weighted by molar-refractivity contribution is -0.136. The Hall–Kier alpha value is -3.58. The van der Waals surface area contributed by atoms with Gasteiger partial charge < -0.3 is 25.9 Å². The zero-order valence-corrected chi connectivity index (χ0v) is 16.1. The van der Waals surface area contributed by atoms with Gasteiger partial charge in [0.2, 0.25) is 5.91 Å². The molecule has 2 aromatic carbocycles. The number of aromatic nitrogens is 1. The number of amides is 1. The highest BCUT2D eigenvalue weighted by atomic mass is 16.5. The van der Waals surface area contributed by atoms with Gasteiger partial charge in [-0.05, 0) is 54.4 Å². The minimum absolute atomic E-state index is 0.00110. The number of aliphatic carboxylic acids is 1. The molecule has 0 aliphatic carbocycles. The molecule has 0 fully saturated rings. The Bertz CT molecular complexity index is 1060. The summed E-state index contributed by atoms with van der Waals surface area (Å²) in [5.41, 5.74) is 15.8. The van der Waals surface area contributed by atoms with E-state index in [1.54, 1.807) is 25.3 Å². The van der Waals surface area contributed by atoms with Gasteiger partial charge in [-0.15, -0.1) is 0 Å². The Morgan fingerprint density at radius 3 is 2.55 bits per heavy atom. The molecule has 0 spiro atoms. The number of ether oxygens (including phenoxy) is 1. The molecule has 5 N–H and O–H groups in total. The van der Waals surface area contributed by atoms with Crippen molar-refractivity contribution in [2.75, 3.05) is 7.11 Å². The maximum Gasteiger partial charge on any atom is 0.303 e. The highest BCUT2D eigenvalue weighted by Gasteiger charge is 2.17. The van der Waals surface area contributed by atoms with Gasteiger partial charge in [0, 0.05) is 23.4 Å². The third-order valence-electron chi connectivity index (χ3n) is 4.75. The van der Waals surface area contributed by atoms with E-state index >= 15 is 0 Å². The van der Waals surface area contributed by atoms with E-state index in [1.165, 1.54) is 0 Å². The quantitative estimate of drug-likeness (QED) is 0.543. The van der Waals surface area contributed by atoms with Crippen LogP contribution in [0.3, 0.4) is 0 Å². The molecular weight excluding hydrogens is 370 g/mol. The molecule has 29 heavy (non-hydrogen) atoms. The normalized spacial score (nSPS) is 10.7. The topological polar surface area (TPSA) is 121 Å². The van der Waals surface area contributed by atoms with Crippen LogP contribution < -0.4 is 16.2 Å². The zero-order valence-electron chi connectivity index (χ0n) is 16.1. The van der Waals surface area contributed by atoms with Gasteiger partial charge in [-0.3, -0.25) is 9.59 Å². The number of benzene rings is 2. The van der Waals surface area contributed by atoms with E-state index in [0.29, 0.717) is 17.7 Å². The van der Waals surface area contributed by atoms with Gasteiger partial charge in [-0.25, -0.2) is 0 Å². The lowest BCUT2D eigenvalue weighted by Crippen LogP contribution is -2.14. The van der Waals surface area contributed by atoms with E-state index in [2.05, 4.69) is 0 Å². The zero-order chi connectivity index (χ0) is 21.0. The maximum atomic E-state index is 11.6. The summed E-state index contributed by atoms with van der Waals surface area (Å²) >= 11 is 0. The lowest BCUT2D eigenvalue weighted by Gasteiger charge is -2.18. The predicted octanol–water partition coefficient (Wildman–Crippen LogP) is 2.73. The maximum absolute atomic E-state index is 11.6. The van der Waals surface area contributed by atoms with Crippen LogP contribution in [0.25, 0.3) is 16.9 Å². The van der Waals surface area contributed by atoms with E-state index in [-0.39, 0.29) is 13.0 Å². The van der Waals surface area contributed by atoms with Crippen LogP contribution in [0.4, 0.5) is 0 Å². The molecule has 0 atom stereocenters. The van der Waals surface area contributed by atoms with E-state index in [9.17, 15) is 9.59 Å². The highest BCUT2D eigenvalue weighted by molar-refractivity contribution is 5.93. The van der Waals surface area contributed by atoms with Crippen LogP contribution in [0.5, 0.6) is 5.75 Å². The first-order chi connectivity index (χ1) is 13.9. The average molecular weight is 393 g/mol. The van der Waals surface area contributed by atoms with E-state index in [4.69, 9.17) is 21.3 Å². The minimum Gasteiger partial charge on any atom is -0.497 e. The van der Waals surface area contributed by atoms with Crippen LogP contribution >= 0.6 is 0 Å². The second kappa shape index (κ2) is 8.62. The van der Waals surface area contributed by atoms with Crippen molar-refractivity contribution in [2.24, 2.45) is 11.5 Å². The van der Waals surface area contributed by atoms with Crippen molar-refractivity contribution in [3.05, 3.63) is 71.4 Å². The summed E-state index contributed by atoms with van der Waals surface area (Å²) in [6, 6.07) is 16.6. The van der Waals surface area contributed by atoms with Crippen LogP contribution in [0, 0.1) is 0 Å². The molecule has 3 rings (SSSR count). The van der Waals surface area contributed by atoms with E-state index < -0.39 is 11.9 Å². The number of hydrogen-bond donors (Lipinski definition) is 3. The molecule has 1 aromatic heterocycles. The van der Waals surface area contributed by atoms with Crippen LogP contribution in [-0.2, 0) is 17.8 Å². The first kappa shape index (κ1) is 20.2. The van der Waals surface area contributed by atoms with Crippen LogP contribution in [0.2, 0.25) is 0 Å². The fourth-order valence-corrected chi connectivity index (χ4v) is 3.32. The van der Waals surface area contributed by atoms with Gasteiger partial charge in [0.15, 0.2) is 0 Å². The number of rotatable bonds is 8. The van der Waals surface area contributed by atoms with Crippen LogP contribution in [0.15, 0.2) is 54.6 Å². The summed E-state index contributed by atoms with van der Waals surface area (Å²) in [4.78, 5) is 22.7. The van der Waals surface area contributed by atoms with Gasteiger partial charge >= 0.3 is 5.97 Å². The van der Waals surface area contributed by atoms with Crippen molar-refractivity contribution in [1.82, 2.24) is 4.57 Å². The summed E-state index contributed by atoms with van der Waals surface area (Å²) in [5, 5.41) is 9.13. The number of nitrogens with two attached hydrogens (primary N) is 2. The monoisotopic (exact) mass is 393 g/mol. The Balaban J connectivity index is 2.20. The molecule has 0 unspecified atom stereocenters. The Kier molecular flexibility index (Phi) is 5.99. The fourth-order valence-electron chi connectivity index (χ4n) is 3.32. The Morgan fingerprint density at radius 2 is 1.90 bits per heavy atom. The van der Waals surface area contributed by atoms with E-state index in [0.717, 1.165) is 28.2 Å². The van der Waals surface area contributed by atoms with E-state index in [1.807, 2.05) is 41.0 Å². The number of hydrogen-bond acceptors (Lipinski definition) is 4. The molecule has 0 radical (unpaired) electrons. The third kappa shape index (κ3) is 4.30. The van der Waals surface area contributed by atoms with Crippen molar-refractivity contribution >= 4 is 11.9 Å². The van der Waals surface area contributed by atoms with Crippen LogP contribution in [0.1, 0.15) is 28.0 Å². The molecular formula is C22H23N3O4. The Morgan fingerprint density at radius 1 is 1.10 bits per heavy atom. The fraction of sp³-hybridized carbons (Fsp3) is 0.182. The van der Waals surface area contributed by atoms with Crippen molar-refractivity contribution in [3.8, 4) is 22.7 Å².